The summed E-state index contributed by atoms with van der Waals surface area (Å²) in [5.74, 6) is -1.22. The number of carbonyl (C=O) groups excluding carboxylic acids is 1. The molecule has 5 heteroatoms. The predicted octanol–water partition coefficient (Wildman–Crippen LogP) is 3.97. The fourth-order valence-corrected chi connectivity index (χ4v) is 2.84. The second-order valence-corrected chi connectivity index (χ2v) is 6.53. The molecule has 1 heterocycles. The maximum absolute atomic E-state index is 13.7. The molecule has 0 radical (unpaired) electrons. The third-order valence-electron chi connectivity index (χ3n) is 3.04. The third-order valence-corrected chi connectivity index (χ3v) is 3.93. The number of benzene rings is 1. The van der Waals surface area contributed by atoms with Gasteiger partial charge in [0.25, 0.3) is 0 Å². The maximum atomic E-state index is 13.7. The van der Waals surface area contributed by atoms with Gasteiger partial charge in [-0.05, 0) is 17.5 Å². The number of nitrogens with zero attached hydrogens (tertiary/aromatic N) is 1. The molecule has 3 nitrogen and oxygen atoms in total. The maximum Gasteiger partial charge on any atom is 0.209 e. The molecule has 0 saturated carbocycles. The van der Waals surface area contributed by atoms with E-state index in [2.05, 4.69) is 5.32 Å². The van der Waals surface area contributed by atoms with E-state index in [0.717, 1.165) is 5.70 Å². The predicted molar refractivity (Wildman–Crippen MR) is 81.6 cm³/mol. The summed E-state index contributed by atoms with van der Waals surface area (Å²) in [5, 5.41) is 14.7. The molecule has 1 aromatic rings. The first kappa shape index (κ1) is 15.3. The zero-order chi connectivity index (χ0) is 15.6. The first-order valence-electron chi connectivity index (χ1n) is 6.42. The van der Waals surface area contributed by atoms with E-state index in [1.54, 1.807) is 6.07 Å². The van der Waals surface area contributed by atoms with E-state index in [4.69, 9.17) is 0 Å². The molecule has 0 aliphatic carbocycles. The SMILES string of the molecule is CC(C)(C)C1=CS/C(=C(\C#N)C(=O)c2ccccc2F)N1. The van der Waals surface area contributed by atoms with Crippen molar-refractivity contribution in [3.05, 3.63) is 57.4 Å². The van der Waals surface area contributed by atoms with Crippen LogP contribution in [0.3, 0.4) is 0 Å². The number of hydrogen-bond donors (Lipinski definition) is 1. The summed E-state index contributed by atoms with van der Waals surface area (Å²) in [6, 6.07) is 7.56. The van der Waals surface area contributed by atoms with Crippen LogP contribution in [-0.2, 0) is 0 Å². The van der Waals surface area contributed by atoms with E-state index < -0.39 is 11.6 Å². The van der Waals surface area contributed by atoms with Gasteiger partial charge in [-0.15, -0.1) is 0 Å². The van der Waals surface area contributed by atoms with Gasteiger partial charge in [-0.3, -0.25) is 4.79 Å². The number of nitriles is 1. The van der Waals surface area contributed by atoms with Crippen LogP contribution in [0.25, 0.3) is 0 Å². The van der Waals surface area contributed by atoms with Crippen LogP contribution in [-0.4, -0.2) is 5.78 Å². The fourth-order valence-electron chi connectivity index (χ4n) is 1.77. The average molecular weight is 302 g/mol. The topological polar surface area (TPSA) is 52.9 Å². The number of carbonyl (C=O) groups is 1. The Bertz CT molecular complexity index is 693. The van der Waals surface area contributed by atoms with Crippen molar-refractivity contribution in [2.45, 2.75) is 20.8 Å². The molecule has 0 aromatic heterocycles. The van der Waals surface area contributed by atoms with Gasteiger partial charge in [0.15, 0.2) is 0 Å². The molecule has 0 atom stereocenters. The van der Waals surface area contributed by atoms with Crippen LogP contribution < -0.4 is 5.32 Å². The average Bonchev–Trinajstić information content (AvgIpc) is 2.89. The minimum absolute atomic E-state index is 0.0689. The Kier molecular flexibility index (Phi) is 4.19. The van der Waals surface area contributed by atoms with Crippen LogP contribution in [0, 0.1) is 22.6 Å². The van der Waals surface area contributed by atoms with Crippen molar-refractivity contribution in [1.29, 1.82) is 5.26 Å². The molecule has 0 spiro atoms. The van der Waals surface area contributed by atoms with Crippen molar-refractivity contribution in [2.24, 2.45) is 5.41 Å². The number of ketones is 1. The number of allylic oxidation sites excluding steroid dienone is 2. The van der Waals surface area contributed by atoms with E-state index >= 15 is 0 Å². The van der Waals surface area contributed by atoms with Gasteiger partial charge < -0.3 is 5.32 Å². The van der Waals surface area contributed by atoms with Crippen molar-refractivity contribution in [3.8, 4) is 6.07 Å². The molecule has 0 bridgehead atoms. The van der Waals surface area contributed by atoms with Gasteiger partial charge in [-0.25, -0.2) is 4.39 Å². The monoisotopic (exact) mass is 302 g/mol. The van der Waals surface area contributed by atoms with Gasteiger partial charge in [0.05, 0.1) is 10.6 Å². The molecular formula is C16H15FN2OS. The first-order chi connectivity index (χ1) is 9.84. The zero-order valence-corrected chi connectivity index (χ0v) is 12.8. The molecule has 1 aromatic carbocycles. The molecular weight excluding hydrogens is 287 g/mol. The lowest BCUT2D eigenvalue weighted by atomic mass is 9.93. The van der Waals surface area contributed by atoms with Gasteiger partial charge in [-0.1, -0.05) is 44.7 Å². The van der Waals surface area contributed by atoms with Gasteiger partial charge in [0, 0.05) is 11.1 Å². The Morgan fingerprint density at radius 2 is 2.00 bits per heavy atom. The van der Waals surface area contributed by atoms with Crippen LogP contribution >= 0.6 is 11.8 Å². The highest BCUT2D eigenvalue weighted by Gasteiger charge is 2.27. The Hall–Kier alpha value is -2.06. The minimum atomic E-state index is -0.622. The molecule has 1 N–H and O–H groups in total. The summed E-state index contributed by atoms with van der Waals surface area (Å²) in [6.07, 6.45) is 0. The molecule has 0 amide bonds. The van der Waals surface area contributed by atoms with E-state index in [1.807, 2.05) is 32.2 Å². The highest BCUT2D eigenvalue weighted by atomic mass is 32.2. The zero-order valence-electron chi connectivity index (χ0n) is 12.0. The van der Waals surface area contributed by atoms with E-state index in [9.17, 15) is 14.4 Å². The normalized spacial score (nSPS) is 16.8. The summed E-state index contributed by atoms with van der Waals surface area (Å²) >= 11 is 1.28. The summed E-state index contributed by atoms with van der Waals surface area (Å²) in [7, 11) is 0. The van der Waals surface area contributed by atoms with Crippen molar-refractivity contribution in [1.82, 2.24) is 5.32 Å². The van der Waals surface area contributed by atoms with Crippen molar-refractivity contribution >= 4 is 17.5 Å². The molecule has 0 unspecified atom stereocenters. The highest BCUT2D eigenvalue weighted by molar-refractivity contribution is 8.06. The third kappa shape index (κ3) is 3.17. The number of Topliss-reactive ketones (excluding diaryl/α,β-unsaturated/α-hetero) is 1. The summed E-state index contributed by atoms with van der Waals surface area (Å²) in [6.45, 7) is 6.08. The molecule has 1 aliphatic heterocycles. The van der Waals surface area contributed by atoms with Crippen molar-refractivity contribution < 1.29 is 9.18 Å². The van der Waals surface area contributed by atoms with Gasteiger partial charge in [0.2, 0.25) is 5.78 Å². The van der Waals surface area contributed by atoms with Crippen LogP contribution in [0.4, 0.5) is 4.39 Å². The Balaban J connectivity index is 2.35. The van der Waals surface area contributed by atoms with E-state index in [0.29, 0.717) is 5.03 Å². The summed E-state index contributed by atoms with van der Waals surface area (Å²) in [4.78, 5) is 12.3. The van der Waals surface area contributed by atoms with Crippen LogP contribution in [0.2, 0.25) is 0 Å². The second kappa shape index (κ2) is 5.74. The summed E-state index contributed by atoms with van der Waals surface area (Å²) < 4.78 is 13.7. The van der Waals surface area contributed by atoms with Gasteiger partial charge in [-0.2, -0.15) is 5.26 Å². The van der Waals surface area contributed by atoms with E-state index in [1.165, 1.54) is 30.0 Å². The Morgan fingerprint density at radius 1 is 1.33 bits per heavy atom. The number of rotatable bonds is 2. The van der Waals surface area contributed by atoms with Gasteiger partial charge in [0.1, 0.15) is 17.5 Å². The fraction of sp³-hybridized carbons (Fsp3) is 0.250. The van der Waals surface area contributed by atoms with E-state index in [-0.39, 0.29) is 16.6 Å². The van der Waals surface area contributed by atoms with Crippen molar-refractivity contribution in [3.63, 3.8) is 0 Å². The molecule has 0 fully saturated rings. The molecule has 2 rings (SSSR count). The largest absolute Gasteiger partial charge is 0.351 e. The van der Waals surface area contributed by atoms with Crippen LogP contribution in [0.1, 0.15) is 31.1 Å². The van der Waals surface area contributed by atoms with Crippen LogP contribution in [0.15, 0.2) is 46.0 Å². The quantitative estimate of drug-likeness (QED) is 0.510. The molecule has 0 saturated heterocycles. The Morgan fingerprint density at radius 3 is 2.52 bits per heavy atom. The number of hydrogen-bond acceptors (Lipinski definition) is 4. The lowest BCUT2D eigenvalue weighted by Gasteiger charge is -2.20. The number of nitrogens with one attached hydrogen (secondary N) is 1. The lowest BCUT2D eigenvalue weighted by Crippen LogP contribution is -2.21. The number of thioether (sulfide) groups is 1. The van der Waals surface area contributed by atoms with Crippen LogP contribution in [0.5, 0.6) is 0 Å². The molecule has 108 valence electrons. The van der Waals surface area contributed by atoms with Gasteiger partial charge >= 0.3 is 0 Å². The second-order valence-electron chi connectivity index (χ2n) is 5.65. The number of halogens is 1. The Labute approximate surface area is 127 Å². The lowest BCUT2D eigenvalue weighted by molar-refractivity contribution is 0.103. The summed E-state index contributed by atoms with van der Waals surface area (Å²) in [5.41, 5.74) is 0.654. The standard InChI is InChI=1S/C16H15FN2OS/c1-16(2,3)13-9-21-15(19-13)11(8-18)14(20)10-6-4-5-7-12(10)17/h4-7,9,19H,1-3H3/b15-11+. The molecule has 21 heavy (non-hydrogen) atoms. The smallest absolute Gasteiger partial charge is 0.209 e. The van der Waals surface area contributed by atoms with Crippen molar-refractivity contribution in [2.75, 3.05) is 0 Å². The first-order valence-corrected chi connectivity index (χ1v) is 7.30. The highest BCUT2D eigenvalue weighted by Crippen LogP contribution is 2.36. The minimum Gasteiger partial charge on any atom is -0.351 e. The molecule has 1 aliphatic rings.